The first-order chi connectivity index (χ1) is 16.7. The number of hydrogen-bond acceptors (Lipinski definition) is 5. The number of amides is 1. The van der Waals surface area contributed by atoms with Crippen LogP contribution in [-0.2, 0) is 20.0 Å². The zero-order valence-corrected chi connectivity index (χ0v) is 21.7. The van der Waals surface area contributed by atoms with Crippen LogP contribution >= 0.6 is 0 Å². The summed E-state index contributed by atoms with van der Waals surface area (Å²) in [7, 11) is -7.34. The molecule has 10 heteroatoms. The predicted molar refractivity (Wildman–Crippen MR) is 135 cm³/mol. The fourth-order valence-corrected chi connectivity index (χ4v) is 7.73. The Bertz CT molecular complexity index is 1280. The summed E-state index contributed by atoms with van der Waals surface area (Å²) in [5.41, 5.74) is 1.21. The Hall–Kier alpha value is -2.27. The van der Waals surface area contributed by atoms with Gasteiger partial charge in [0.2, 0.25) is 20.0 Å². The Labute approximate surface area is 208 Å². The highest BCUT2D eigenvalue weighted by molar-refractivity contribution is 7.89. The maximum atomic E-state index is 13.1. The highest BCUT2D eigenvalue weighted by Crippen LogP contribution is 2.25. The quantitative estimate of drug-likeness (QED) is 0.622. The third kappa shape index (κ3) is 5.77. The maximum absolute atomic E-state index is 13.1. The molecule has 0 atom stereocenters. The molecule has 35 heavy (non-hydrogen) atoms. The third-order valence-electron chi connectivity index (χ3n) is 6.70. The predicted octanol–water partition coefficient (Wildman–Crippen LogP) is 3.99. The van der Waals surface area contributed by atoms with Crippen LogP contribution in [0.25, 0.3) is 0 Å². The van der Waals surface area contributed by atoms with Gasteiger partial charge >= 0.3 is 0 Å². The number of sulfonamides is 2. The molecule has 0 bridgehead atoms. The lowest BCUT2D eigenvalue weighted by Gasteiger charge is -2.26. The van der Waals surface area contributed by atoms with Gasteiger partial charge in [-0.15, -0.1) is 0 Å². The maximum Gasteiger partial charge on any atom is 0.255 e. The number of rotatable bonds is 6. The highest BCUT2D eigenvalue weighted by Gasteiger charge is 2.28. The van der Waals surface area contributed by atoms with Crippen LogP contribution in [0.2, 0.25) is 0 Å². The molecule has 2 saturated heterocycles. The minimum absolute atomic E-state index is 0.0904. The summed E-state index contributed by atoms with van der Waals surface area (Å²) in [5.74, 6) is -0.484. The molecular weight excluding hydrogens is 486 g/mol. The van der Waals surface area contributed by atoms with Crippen molar-refractivity contribution in [3.8, 4) is 0 Å². The molecule has 2 aliphatic rings. The molecule has 1 N–H and O–H groups in total. The minimum atomic E-state index is -3.68. The van der Waals surface area contributed by atoms with Crippen LogP contribution in [0.4, 0.5) is 5.69 Å². The Morgan fingerprint density at radius 3 is 1.80 bits per heavy atom. The Kier molecular flexibility index (Phi) is 7.95. The van der Waals surface area contributed by atoms with Gasteiger partial charge in [-0.05, 0) is 68.5 Å². The summed E-state index contributed by atoms with van der Waals surface area (Å²) in [6.07, 6.45) is 6.39. The molecule has 0 spiro atoms. The molecule has 0 unspecified atom stereocenters. The smallest absolute Gasteiger partial charge is 0.255 e. The highest BCUT2D eigenvalue weighted by atomic mass is 32.2. The van der Waals surface area contributed by atoms with Crippen molar-refractivity contribution in [2.24, 2.45) is 0 Å². The lowest BCUT2D eigenvalue weighted by atomic mass is 10.1. The Balaban J connectivity index is 1.56. The second kappa shape index (κ2) is 10.8. The van der Waals surface area contributed by atoms with Gasteiger partial charge in [0.1, 0.15) is 0 Å². The molecule has 190 valence electrons. The normalized spacial score (nSPS) is 18.7. The standard InChI is InChI=1S/C25H33N3O5S2/c1-20-12-13-23(35(32,33)28-16-7-4-8-17-28)19-24(20)25(29)26-21-10-9-11-22(18-21)34(30,31)27-14-5-2-3-6-15-27/h9-13,18-19H,2-8,14-17H2,1H3,(H,26,29). The number of piperidine rings is 1. The average Bonchev–Trinajstić information content (AvgIpc) is 3.15. The van der Waals surface area contributed by atoms with Crippen LogP contribution in [0.15, 0.2) is 52.3 Å². The first-order valence-electron chi connectivity index (χ1n) is 12.2. The summed E-state index contributed by atoms with van der Waals surface area (Å²) in [6.45, 7) is 3.70. The lowest BCUT2D eigenvalue weighted by molar-refractivity contribution is 0.102. The molecule has 2 aromatic rings. The van der Waals surface area contributed by atoms with Crippen molar-refractivity contribution in [2.75, 3.05) is 31.5 Å². The minimum Gasteiger partial charge on any atom is -0.322 e. The fourth-order valence-electron chi connectivity index (χ4n) is 4.62. The zero-order chi connectivity index (χ0) is 25.1. The van der Waals surface area contributed by atoms with Gasteiger partial charge in [0.05, 0.1) is 9.79 Å². The van der Waals surface area contributed by atoms with E-state index in [1.54, 1.807) is 25.1 Å². The second-order valence-electron chi connectivity index (χ2n) is 9.24. The van der Waals surface area contributed by atoms with E-state index >= 15 is 0 Å². The van der Waals surface area contributed by atoms with Crippen LogP contribution in [0.3, 0.4) is 0 Å². The molecule has 2 aliphatic heterocycles. The van der Waals surface area contributed by atoms with Crippen LogP contribution in [-0.4, -0.2) is 57.5 Å². The van der Waals surface area contributed by atoms with Crippen LogP contribution < -0.4 is 5.32 Å². The largest absolute Gasteiger partial charge is 0.322 e. The first kappa shape index (κ1) is 25.8. The number of nitrogens with zero attached hydrogens (tertiary/aromatic N) is 2. The number of hydrogen-bond donors (Lipinski definition) is 1. The lowest BCUT2D eigenvalue weighted by Crippen LogP contribution is -2.35. The molecule has 0 radical (unpaired) electrons. The van der Waals surface area contributed by atoms with Crippen molar-refractivity contribution in [1.29, 1.82) is 0 Å². The molecule has 1 amide bonds. The molecule has 2 aromatic carbocycles. The van der Waals surface area contributed by atoms with Crippen LogP contribution in [0, 0.1) is 6.92 Å². The summed E-state index contributed by atoms with van der Waals surface area (Å²) in [5, 5.41) is 2.75. The molecule has 8 nitrogen and oxygen atoms in total. The summed E-state index contributed by atoms with van der Waals surface area (Å²) in [4.78, 5) is 13.3. The number of carbonyl (C=O) groups is 1. The monoisotopic (exact) mass is 519 g/mol. The van der Waals surface area contributed by atoms with E-state index in [9.17, 15) is 21.6 Å². The molecule has 0 saturated carbocycles. The van der Waals surface area contributed by atoms with Gasteiger partial charge in [-0.3, -0.25) is 4.79 Å². The third-order valence-corrected chi connectivity index (χ3v) is 10.5. The van der Waals surface area contributed by atoms with Gasteiger partial charge in [0.25, 0.3) is 5.91 Å². The average molecular weight is 520 g/mol. The summed E-state index contributed by atoms with van der Waals surface area (Å²) >= 11 is 0. The number of anilines is 1. The molecule has 0 aromatic heterocycles. The van der Waals surface area contributed by atoms with Gasteiger partial charge in [0, 0.05) is 37.4 Å². The SMILES string of the molecule is Cc1ccc(S(=O)(=O)N2CCCCC2)cc1C(=O)Nc1cccc(S(=O)(=O)N2CCCCCC2)c1. The van der Waals surface area contributed by atoms with Crippen molar-refractivity contribution in [3.63, 3.8) is 0 Å². The molecule has 2 heterocycles. The molecular formula is C25H33N3O5S2. The van der Waals surface area contributed by atoms with Gasteiger partial charge in [-0.1, -0.05) is 31.4 Å². The van der Waals surface area contributed by atoms with E-state index in [-0.39, 0.29) is 15.4 Å². The van der Waals surface area contributed by atoms with E-state index in [1.807, 2.05) is 0 Å². The number of carbonyl (C=O) groups excluding carboxylic acids is 1. The van der Waals surface area contributed by atoms with E-state index in [0.29, 0.717) is 37.4 Å². The van der Waals surface area contributed by atoms with Crippen molar-refractivity contribution in [3.05, 3.63) is 53.6 Å². The zero-order valence-electron chi connectivity index (χ0n) is 20.1. The second-order valence-corrected chi connectivity index (χ2v) is 13.1. The number of aryl methyl sites for hydroxylation is 1. The van der Waals surface area contributed by atoms with E-state index in [4.69, 9.17) is 0 Å². The van der Waals surface area contributed by atoms with Crippen molar-refractivity contribution >= 4 is 31.6 Å². The van der Waals surface area contributed by atoms with Crippen molar-refractivity contribution < 1.29 is 21.6 Å². The van der Waals surface area contributed by atoms with Crippen molar-refractivity contribution in [1.82, 2.24) is 8.61 Å². The molecule has 2 fully saturated rings. The van der Waals surface area contributed by atoms with Gasteiger partial charge in [-0.2, -0.15) is 8.61 Å². The molecule has 0 aliphatic carbocycles. The van der Waals surface area contributed by atoms with E-state index in [2.05, 4.69) is 5.32 Å². The molecule has 4 rings (SSSR count). The topological polar surface area (TPSA) is 104 Å². The first-order valence-corrected chi connectivity index (χ1v) is 15.1. The Morgan fingerprint density at radius 2 is 1.23 bits per heavy atom. The number of benzene rings is 2. The fraction of sp³-hybridized carbons (Fsp3) is 0.480. The summed E-state index contributed by atoms with van der Waals surface area (Å²) < 4.78 is 55.5. The van der Waals surface area contributed by atoms with Crippen LogP contribution in [0.5, 0.6) is 0 Å². The van der Waals surface area contributed by atoms with Gasteiger partial charge in [0.15, 0.2) is 0 Å². The van der Waals surface area contributed by atoms with E-state index in [0.717, 1.165) is 44.9 Å². The van der Waals surface area contributed by atoms with E-state index < -0.39 is 26.0 Å². The Morgan fingerprint density at radius 1 is 0.714 bits per heavy atom. The van der Waals surface area contributed by atoms with Crippen LogP contribution in [0.1, 0.15) is 60.9 Å². The summed E-state index contributed by atoms with van der Waals surface area (Å²) in [6, 6.07) is 10.8. The number of nitrogens with one attached hydrogen (secondary N) is 1. The van der Waals surface area contributed by atoms with Gasteiger partial charge < -0.3 is 5.32 Å². The van der Waals surface area contributed by atoms with E-state index in [1.165, 1.54) is 32.9 Å². The van der Waals surface area contributed by atoms with Crippen molar-refractivity contribution in [2.45, 2.75) is 61.7 Å². The van der Waals surface area contributed by atoms with Gasteiger partial charge in [-0.25, -0.2) is 16.8 Å².